The van der Waals surface area contributed by atoms with E-state index in [0.29, 0.717) is 17.5 Å². The van der Waals surface area contributed by atoms with Crippen LogP contribution in [0.25, 0.3) is 0 Å². The molecule has 0 aliphatic rings. The summed E-state index contributed by atoms with van der Waals surface area (Å²) < 4.78 is 19.6. The van der Waals surface area contributed by atoms with E-state index >= 15 is 0 Å². The fraction of sp³-hybridized carbons (Fsp3) is 0.333. The fourth-order valence-electron chi connectivity index (χ4n) is 2.55. The molecule has 0 spiro atoms. The highest BCUT2D eigenvalue weighted by Gasteiger charge is 2.40. The molecule has 2 atom stereocenters. The Labute approximate surface area is 142 Å². The van der Waals surface area contributed by atoms with Crippen molar-refractivity contribution in [2.24, 2.45) is 0 Å². The van der Waals surface area contributed by atoms with Crippen LogP contribution in [-0.2, 0) is 9.09 Å². The van der Waals surface area contributed by atoms with Crippen molar-refractivity contribution in [1.82, 2.24) is 0 Å². The van der Waals surface area contributed by atoms with Gasteiger partial charge in [-0.1, -0.05) is 61.9 Å². The first kappa shape index (κ1) is 18.4. The Hall–Kier alpha value is -1.97. The van der Waals surface area contributed by atoms with Gasteiger partial charge >= 0.3 is 0 Å². The van der Waals surface area contributed by atoms with Gasteiger partial charge in [0.25, 0.3) is 0 Å². The molecule has 0 aliphatic heterocycles. The summed E-state index contributed by atoms with van der Waals surface area (Å²) in [6, 6.07) is 17.8. The number of rotatable bonds is 9. The molecule has 24 heavy (non-hydrogen) atoms. The maximum absolute atomic E-state index is 13.8. The number of hydrogen-bond donors (Lipinski definition) is 0. The van der Waals surface area contributed by atoms with Gasteiger partial charge in [0.1, 0.15) is 5.66 Å². The summed E-state index contributed by atoms with van der Waals surface area (Å²) in [6.45, 7) is 1.91. The predicted molar refractivity (Wildman–Crippen MR) is 95.6 cm³/mol. The van der Waals surface area contributed by atoms with E-state index in [9.17, 15) is 14.7 Å². The monoisotopic (exact) mass is 347 g/mol. The predicted octanol–water partition coefficient (Wildman–Crippen LogP) is 4.42. The first-order chi connectivity index (χ1) is 11.6. The van der Waals surface area contributed by atoms with Gasteiger partial charge in [-0.15, -0.1) is 0 Å². The Morgan fingerprint density at radius 1 is 1.08 bits per heavy atom. The lowest BCUT2D eigenvalue weighted by molar-refractivity contribution is -0.480. The highest BCUT2D eigenvalue weighted by Crippen LogP contribution is 2.59. The van der Waals surface area contributed by atoms with Crippen LogP contribution >= 0.6 is 7.37 Å². The molecule has 5 nitrogen and oxygen atoms in total. The largest absolute Gasteiger partial charge is 0.325 e. The lowest BCUT2D eigenvalue weighted by Gasteiger charge is -2.26. The van der Waals surface area contributed by atoms with Crippen molar-refractivity contribution in [2.45, 2.75) is 25.4 Å². The molecule has 0 saturated carbocycles. The van der Waals surface area contributed by atoms with E-state index in [1.807, 2.05) is 19.1 Å². The number of nitro groups is 1. The highest BCUT2D eigenvalue weighted by molar-refractivity contribution is 7.67. The molecule has 0 N–H and O–H groups in total. The van der Waals surface area contributed by atoms with Gasteiger partial charge in [0.15, 0.2) is 0 Å². The number of benzene rings is 2. The quantitative estimate of drug-likeness (QED) is 0.291. The molecule has 0 aliphatic carbocycles. The van der Waals surface area contributed by atoms with Crippen LogP contribution < -0.4 is 5.30 Å². The van der Waals surface area contributed by atoms with Gasteiger partial charge in [-0.25, -0.2) is 0 Å². The Morgan fingerprint density at radius 3 is 2.21 bits per heavy atom. The van der Waals surface area contributed by atoms with E-state index in [1.165, 1.54) is 0 Å². The summed E-state index contributed by atoms with van der Waals surface area (Å²) in [5.74, 6) is 0. The van der Waals surface area contributed by atoms with Crippen molar-refractivity contribution < 1.29 is 14.0 Å². The topological polar surface area (TPSA) is 69.4 Å². The maximum atomic E-state index is 13.8. The smallest absolute Gasteiger partial charge is 0.245 e. The molecule has 0 saturated heterocycles. The molecule has 0 bridgehead atoms. The van der Waals surface area contributed by atoms with Gasteiger partial charge in [0.05, 0.1) is 6.61 Å². The summed E-state index contributed by atoms with van der Waals surface area (Å²) in [6.07, 6.45) is 1.66. The first-order valence-corrected chi connectivity index (χ1v) is 9.74. The van der Waals surface area contributed by atoms with Gasteiger partial charge in [0.2, 0.25) is 13.9 Å². The second kappa shape index (κ2) is 8.76. The molecule has 6 heteroatoms. The minimum absolute atomic E-state index is 0.323. The van der Waals surface area contributed by atoms with Gasteiger partial charge in [0, 0.05) is 10.2 Å². The maximum Gasteiger partial charge on any atom is 0.245 e. The zero-order chi connectivity index (χ0) is 17.4. The van der Waals surface area contributed by atoms with E-state index < -0.39 is 24.5 Å². The molecule has 0 fully saturated rings. The molecule has 2 rings (SSSR count). The lowest BCUT2D eigenvalue weighted by atomic mass is 10.1. The van der Waals surface area contributed by atoms with E-state index in [2.05, 4.69) is 0 Å². The van der Waals surface area contributed by atoms with Crippen LogP contribution in [0.1, 0.15) is 31.0 Å². The van der Waals surface area contributed by atoms with Gasteiger partial charge < -0.3 is 4.52 Å². The summed E-state index contributed by atoms with van der Waals surface area (Å²) in [4.78, 5) is 10.8. The van der Waals surface area contributed by atoms with Crippen molar-refractivity contribution in [1.29, 1.82) is 0 Å². The van der Waals surface area contributed by atoms with Crippen molar-refractivity contribution >= 4 is 12.7 Å². The Bertz CT molecular complexity index is 691. The van der Waals surface area contributed by atoms with E-state index in [-0.39, 0.29) is 0 Å². The third-order valence-electron chi connectivity index (χ3n) is 3.81. The molecular weight excluding hydrogens is 325 g/mol. The van der Waals surface area contributed by atoms with Crippen molar-refractivity contribution in [2.75, 3.05) is 13.2 Å². The van der Waals surface area contributed by atoms with Gasteiger partial charge in [-0.3, -0.25) is 14.7 Å². The number of hydrogen-bond acceptors (Lipinski definition) is 4. The van der Waals surface area contributed by atoms with Gasteiger partial charge in [-0.2, -0.15) is 0 Å². The third-order valence-corrected chi connectivity index (χ3v) is 6.68. The molecule has 0 radical (unpaired) electrons. The Kier molecular flexibility index (Phi) is 6.71. The van der Waals surface area contributed by atoms with Crippen LogP contribution in [0.15, 0.2) is 60.7 Å². The van der Waals surface area contributed by atoms with E-state index in [4.69, 9.17) is 4.52 Å². The molecule has 0 heterocycles. The van der Waals surface area contributed by atoms with E-state index in [1.54, 1.807) is 48.5 Å². The standard InChI is InChI=1S/C18H22NO4P/c1-2-3-14-23-24(22,17-12-8-5-9-13-17)18(15-19(20)21)16-10-6-4-7-11-16/h4-13,18H,2-3,14-15H2,1H3. The highest BCUT2D eigenvalue weighted by atomic mass is 31.2. The molecular formula is C18H22NO4P. The first-order valence-electron chi connectivity index (χ1n) is 8.04. The molecule has 0 amide bonds. The zero-order valence-corrected chi connectivity index (χ0v) is 14.6. The summed E-state index contributed by atoms with van der Waals surface area (Å²) >= 11 is 0. The summed E-state index contributed by atoms with van der Waals surface area (Å²) in [7, 11) is -3.43. The molecule has 128 valence electrons. The van der Waals surface area contributed by atoms with Crippen molar-refractivity contribution in [3.63, 3.8) is 0 Å². The normalized spacial score (nSPS) is 14.7. The van der Waals surface area contributed by atoms with E-state index in [0.717, 1.165) is 12.8 Å². The molecule has 0 aromatic heterocycles. The number of unbranched alkanes of at least 4 members (excludes halogenated alkanes) is 1. The lowest BCUT2D eigenvalue weighted by Crippen LogP contribution is -2.21. The minimum Gasteiger partial charge on any atom is -0.325 e. The second-order valence-corrected chi connectivity index (χ2v) is 8.15. The molecule has 2 aromatic rings. The Balaban J connectivity index is 2.48. The van der Waals surface area contributed by atoms with Crippen LogP contribution in [0.5, 0.6) is 0 Å². The molecule has 2 aromatic carbocycles. The third kappa shape index (κ3) is 4.53. The Morgan fingerprint density at radius 2 is 1.67 bits per heavy atom. The minimum atomic E-state index is -3.43. The number of nitrogens with zero attached hydrogens (tertiary/aromatic N) is 1. The zero-order valence-electron chi connectivity index (χ0n) is 13.7. The second-order valence-electron chi connectivity index (χ2n) is 5.56. The van der Waals surface area contributed by atoms with Crippen molar-refractivity contribution in [3.05, 3.63) is 76.3 Å². The average molecular weight is 347 g/mol. The average Bonchev–Trinajstić information content (AvgIpc) is 2.61. The van der Waals surface area contributed by atoms with Crippen LogP contribution in [0.2, 0.25) is 0 Å². The SMILES string of the molecule is CCCCOP(=O)(c1ccccc1)C(C[N+](=O)[O-])c1ccccc1. The van der Waals surface area contributed by atoms with Crippen LogP contribution in [-0.4, -0.2) is 18.1 Å². The summed E-state index contributed by atoms with van der Waals surface area (Å²) in [5, 5.41) is 11.7. The fourth-order valence-corrected chi connectivity index (χ4v) is 5.14. The van der Waals surface area contributed by atoms with Crippen LogP contribution in [0.3, 0.4) is 0 Å². The molecule has 2 unspecified atom stereocenters. The van der Waals surface area contributed by atoms with Crippen LogP contribution in [0.4, 0.5) is 0 Å². The van der Waals surface area contributed by atoms with Gasteiger partial charge in [-0.05, 0) is 24.1 Å². The van der Waals surface area contributed by atoms with Crippen molar-refractivity contribution in [3.8, 4) is 0 Å². The summed E-state index contributed by atoms with van der Waals surface area (Å²) in [5.41, 5.74) is -0.133. The van der Waals surface area contributed by atoms with Crippen LogP contribution in [0, 0.1) is 10.1 Å².